The lowest BCUT2D eigenvalue weighted by molar-refractivity contribution is -0.130. The molecule has 7 heteroatoms. The number of hydrogen-bond acceptors (Lipinski definition) is 5. The summed E-state index contributed by atoms with van der Waals surface area (Å²) in [4.78, 5) is 25.6. The highest BCUT2D eigenvalue weighted by molar-refractivity contribution is 6.31. The number of anilines is 2. The zero-order valence-corrected chi connectivity index (χ0v) is 16.0. The van der Waals surface area contributed by atoms with E-state index in [9.17, 15) is 4.79 Å². The first-order valence-corrected chi connectivity index (χ1v) is 9.30. The molecular weight excluding hydrogens is 350 g/mol. The Balaban J connectivity index is 1.60. The quantitative estimate of drug-likeness (QED) is 0.873. The van der Waals surface area contributed by atoms with E-state index in [0.717, 1.165) is 42.7 Å². The predicted molar refractivity (Wildman–Crippen MR) is 105 cm³/mol. The van der Waals surface area contributed by atoms with Crippen molar-refractivity contribution < 1.29 is 4.79 Å². The van der Waals surface area contributed by atoms with Crippen LogP contribution in [0.1, 0.15) is 18.3 Å². The first kappa shape index (κ1) is 18.5. The number of halogens is 1. The maximum atomic E-state index is 12.6. The van der Waals surface area contributed by atoms with Gasteiger partial charge in [0.05, 0.1) is 6.42 Å². The van der Waals surface area contributed by atoms with Gasteiger partial charge < -0.3 is 15.1 Å². The molecule has 1 amide bonds. The summed E-state index contributed by atoms with van der Waals surface area (Å²) in [5, 5.41) is 3.88. The number of aromatic nitrogens is 2. The van der Waals surface area contributed by atoms with Crippen molar-refractivity contribution in [1.82, 2.24) is 14.9 Å². The van der Waals surface area contributed by atoms with Crippen molar-refractivity contribution in [2.75, 3.05) is 42.9 Å². The second-order valence-corrected chi connectivity index (χ2v) is 6.73. The van der Waals surface area contributed by atoms with E-state index in [1.807, 2.05) is 49.1 Å². The van der Waals surface area contributed by atoms with Crippen molar-refractivity contribution in [1.29, 1.82) is 0 Å². The third kappa shape index (κ3) is 4.43. The van der Waals surface area contributed by atoms with Gasteiger partial charge in [-0.25, -0.2) is 9.97 Å². The topological polar surface area (TPSA) is 61.4 Å². The molecule has 2 aromatic rings. The van der Waals surface area contributed by atoms with Crippen molar-refractivity contribution in [3.8, 4) is 0 Å². The van der Waals surface area contributed by atoms with E-state index in [1.165, 1.54) is 0 Å². The first-order chi connectivity index (χ1) is 12.6. The molecule has 0 aliphatic carbocycles. The zero-order chi connectivity index (χ0) is 18.5. The van der Waals surface area contributed by atoms with Crippen LogP contribution in [-0.4, -0.2) is 53.5 Å². The Morgan fingerprint density at radius 2 is 1.92 bits per heavy atom. The molecule has 0 unspecified atom stereocenters. The summed E-state index contributed by atoms with van der Waals surface area (Å²) in [6.07, 6.45) is 0.344. The van der Waals surface area contributed by atoms with Gasteiger partial charge in [-0.15, -0.1) is 0 Å². The number of carbonyl (C=O) groups is 1. The second-order valence-electron chi connectivity index (χ2n) is 6.32. The molecule has 2 heterocycles. The van der Waals surface area contributed by atoms with Crippen LogP contribution in [0.4, 0.5) is 11.6 Å². The lowest BCUT2D eigenvalue weighted by Crippen LogP contribution is -2.49. The fraction of sp³-hybridized carbons (Fsp3) is 0.421. The number of amides is 1. The highest BCUT2D eigenvalue weighted by atomic mass is 35.5. The summed E-state index contributed by atoms with van der Waals surface area (Å²) >= 11 is 6.17. The van der Waals surface area contributed by atoms with Crippen molar-refractivity contribution in [3.63, 3.8) is 0 Å². The molecule has 3 rings (SSSR count). The molecule has 1 saturated heterocycles. The van der Waals surface area contributed by atoms with Gasteiger partial charge in [-0.3, -0.25) is 4.79 Å². The van der Waals surface area contributed by atoms with E-state index in [1.54, 1.807) is 0 Å². The average Bonchev–Trinajstić information content (AvgIpc) is 2.63. The number of rotatable bonds is 5. The van der Waals surface area contributed by atoms with Crippen LogP contribution in [0.3, 0.4) is 0 Å². The smallest absolute Gasteiger partial charge is 0.227 e. The largest absolute Gasteiger partial charge is 0.370 e. The Bertz CT molecular complexity index is 774. The van der Waals surface area contributed by atoms with Crippen LogP contribution in [0.5, 0.6) is 0 Å². The maximum Gasteiger partial charge on any atom is 0.227 e. The van der Waals surface area contributed by atoms with E-state index in [2.05, 4.69) is 20.2 Å². The molecular formula is C19H24ClN5O. The Morgan fingerprint density at radius 3 is 2.62 bits per heavy atom. The Kier molecular flexibility index (Phi) is 5.93. The molecule has 0 bridgehead atoms. The van der Waals surface area contributed by atoms with Gasteiger partial charge in [0.15, 0.2) is 0 Å². The molecule has 6 nitrogen and oxygen atoms in total. The van der Waals surface area contributed by atoms with Crippen molar-refractivity contribution in [3.05, 3.63) is 46.7 Å². The molecule has 0 radical (unpaired) electrons. The highest BCUT2D eigenvalue weighted by Crippen LogP contribution is 2.19. The summed E-state index contributed by atoms with van der Waals surface area (Å²) in [5.74, 6) is 2.61. The Labute approximate surface area is 159 Å². The lowest BCUT2D eigenvalue weighted by atomic mass is 10.1. The van der Waals surface area contributed by atoms with Crippen LogP contribution in [-0.2, 0) is 11.2 Å². The van der Waals surface area contributed by atoms with Crippen molar-refractivity contribution in [2.45, 2.75) is 20.3 Å². The number of benzene rings is 1. The van der Waals surface area contributed by atoms with Gasteiger partial charge in [0.2, 0.25) is 5.91 Å². The molecule has 138 valence electrons. The zero-order valence-electron chi connectivity index (χ0n) is 15.2. The van der Waals surface area contributed by atoms with Crippen LogP contribution in [0.2, 0.25) is 5.02 Å². The fourth-order valence-corrected chi connectivity index (χ4v) is 3.29. The molecule has 0 atom stereocenters. The predicted octanol–water partition coefficient (Wildman–Crippen LogP) is 2.76. The van der Waals surface area contributed by atoms with Gasteiger partial charge in [-0.2, -0.15) is 0 Å². The molecule has 1 aromatic heterocycles. The fourth-order valence-electron chi connectivity index (χ4n) is 3.09. The monoisotopic (exact) mass is 373 g/mol. The molecule has 1 aliphatic rings. The van der Waals surface area contributed by atoms with Crippen LogP contribution < -0.4 is 10.2 Å². The first-order valence-electron chi connectivity index (χ1n) is 8.92. The van der Waals surface area contributed by atoms with E-state index in [0.29, 0.717) is 24.5 Å². The van der Waals surface area contributed by atoms with E-state index in [4.69, 9.17) is 11.6 Å². The molecule has 1 aromatic carbocycles. The molecule has 0 saturated carbocycles. The summed E-state index contributed by atoms with van der Waals surface area (Å²) < 4.78 is 0. The standard InChI is InChI=1S/C19H24ClN5O/c1-3-21-17-13-18(23-14(2)22-17)24-8-10-25(11-9-24)19(26)12-15-6-4-5-7-16(15)20/h4-7,13H,3,8-12H2,1-2H3,(H,21,22,23). The van der Waals surface area contributed by atoms with Gasteiger partial charge in [-0.1, -0.05) is 29.8 Å². The van der Waals surface area contributed by atoms with Gasteiger partial charge in [0.1, 0.15) is 17.5 Å². The number of hydrogen-bond donors (Lipinski definition) is 1. The number of nitrogens with one attached hydrogen (secondary N) is 1. The Hall–Kier alpha value is -2.34. The maximum absolute atomic E-state index is 12.6. The second kappa shape index (κ2) is 8.36. The molecule has 1 N–H and O–H groups in total. The Morgan fingerprint density at radius 1 is 1.19 bits per heavy atom. The molecule has 0 spiro atoms. The van der Waals surface area contributed by atoms with Gasteiger partial charge >= 0.3 is 0 Å². The van der Waals surface area contributed by atoms with E-state index in [-0.39, 0.29) is 5.91 Å². The summed E-state index contributed by atoms with van der Waals surface area (Å²) in [5.41, 5.74) is 0.878. The SMILES string of the molecule is CCNc1cc(N2CCN(C(=O)Cc3ccccc3Cl)CC2)nc(C)n1. The minimum atomic E-state index is 0.116. The molecule has 26 heavy (non-hydrogen) atoms. The number of aryl methyl sites for hydroxylation is 1. The van der Waals surface area contributed by atoms with Gasteiger partial charge in [-0.05, 0) is 25.5 Å². The third-order valence-corrected chi connectivity index (χ3v) is 4.81. The molecule has 1 fully saturated rings. The third-order valence-electron chi connectivity index (χ3n) is 4.44. The number of nitrogens with zero attached hydrogens (tertiary/aromatic N) is 4. The van der Waals surface area contributed by atoms with Crippen LogP contribution in [0.25, 0.3) is 0 Å². The van der Waals surface area contributed by atoms with Crippen LogP contribution in [0, 0.1) is 6.92 Å². The highest BCUT2D eigenvalue weighted by Gasteiger charge is 2.23. The average molecular weight is 374 g/mol. The minimum absolute atomic E-state index is 0.116. The summed E-state index contributed by atoms with van der Waals surface area (Å²) in [6.45, 7) is 7.65. The van der Waals surface area contributed by atoms with Crippen LogP contribution in [0.15, 0.2) is 30.3 Å². The summed E-state index contributed by atoms with van der Waals surface area (Å²) in [7, 11) is 0. The van der Waals surface area contributed by atoms with E-state index >= 15 is 0 Å². The minimum Gasteiger partial charge on any atom is -0.370 e. The van der Waals surface area contributed by atoms with Crippen LogP contribution >= 0.6 is 11.6 Å². The normalized spacial score (nSPS) is 14.4. The van der Waals surface area contributed by atoms with E-state index < -0.39 is 0 Å². The van der Waals surface area contributed by atoms with Gasteiger partial charge in [0.25, 0.3) is 0 Å². The van der Waals surface area contributed by atoms with Crippen molar-refractivity contribution >= 4 is 29.1 Å². The molecule has 1 aliphatic heterocycles. The summed E-state index contributed by atoms with van der Waals surface area (Å²) in [6, 6.07) is 9.48. The lowest BCUT2D eigenvalue weighted by Gasteiger charge is -2.35. The number of piperazine rings is 1. The van der Waals surface area contributed by atoms with Crippen molar-refractivity contribution in [2.24, 2.45) is 0 Å². The van der Waals surface area contributed by atoms with Gasteiger partial charge in [0, 0.05) is 43.8 Å². The number of carbonyl (C=O) groups excluding carboxylic acids is 1.